The number of nitrogens with one attached hydrogen (secondary N) is 2. The molecule has 8 bridgehead atoms. The first-order chi connectivity index (χ1) is 26.8. The van der Waals surface area contributed by atoms with E-state index in [9.17, 15) is 0 Å². The number of hydrogen-bond acceptors (Lipinski definition) is 1. The van der Waals surface area contributed by atoms with Crippen molar-refractivity contribution in [3.05, 3.63) is 262 Å². The van der Waals surface area contributed by atoms with Crippen molar-refractivity contribution < 1.29 is 0 Å². The topological polar surface area (TPSA) is 48.9 Å². The van der Waals surface area contributed by atoms with Gasteiger partial charge in [-0.2, -0.15) is 0 Å². The fourth-order valence-electron chi connectivity index (χ4n) is 8.09. The SMILES string of the molecule is C1=CC2=C(c3ccccc3)c3ccc(n3-c3ccccc3)C(c3ccccc3)c3ccc([nH]3)C(c3ccccc3)=c3ccc([nH]3)=C(c3ccccc3)C1=N2. The average Bonchev–Trinajstić information content (AvgIpc) is 4.07. The molecule has 1 atom stereocenters. The number of nitrogens with zero attached hydrogens (tertiary/aromatic N) is 2. The lowest BCUT2D eigenvalue weighted by Crippen LogP contribution is -2.19. The third-order valence-electron chi connectivity index (χ3n) is 10.5. The molecule has 0 saturated carbocycles. The van der Waals surface area contributed by atoms with Gasteiger partial charge in [-0.25, -0.2) is 4.99 Å². The normalized spacial score (nSPS) is 15.1. The number of aromatic amines is 2. The molecule has 0 radical (unpaired) electrons. The molecular weight excluding hydrogens is 657 g/mol. The van der Waals surface area contributed by atoms with Crippen LogP contribution in [0.15, 0.2) is 211 Å². The Morgan fingerprint density at radius 2 is 1.00 bits per heavy atom. The van der Waals surface area contributed by atoms with E-state index in [0.29, 0.717) is 0 Å². The molecule has 54 heavy (non-hydrogen) atoms. The summed E-state index contributed by atoms with van der Waals surface area (Å²) in [6.45, 7) is 0. The van der Waals surface area contributed by atoms with Crippen LogP contribution < -0.4 is 10.7 Å². The van der Waals surface area contributed by atoms with E-state index in [2.05, 4.69) is 215 Å². The molecule has 1 unspecified atom stereocenters. The van der Waals surface area contributed by atoms with Crippen LogP contribution in [-0.2, 0) is 0 Å². The van der Waals surface area contributed by atoms with E-state index in [-0.39, 0.29) is 5.92 Å². The van der Waals surface area contributed by atoms with E-state index in [1.807, 2.05) is 0 Å². The molecule has 2 aliphatic rings. The zero-order chi connectivity index (χ0) is 35.8. The van der Waals surface area contributed by atoms with Gasteiger partial charge in [-0.1, -0.05) is 140 Å². The van der Waals surface area contributed by atoms with Gasteiger partial charge in [0.1, 0.15) is 0 Å². The number of rotatable bonds is 5. The van der Waals surface area contributed by atoms with Crippen LogP contribution in [0.3, 0.4) is 0 Å². The van der Waals surface area contributed by atoms with E-state index in [0.717, 1.165) is 84.0 Å². The molecule has 256 valence electrons. The molecule has 0 saturated heterocycles. The molecule has 8 aromatic rings. The second kappa shape index (κ2) is 13.4. The van der Waals surface area contributed by atoms with E-state index >= 15 is 0 Å². The maximum Gasteiger partial charge on any atom is 0.0737 e. The minimum Gasteiger partial charge on any atom is -0.357 e. The van der Waals surface area contributed by atoms with E-state index in [4.69, 9.17) is 4.99 Å². The number of benzene rings is 5. The molecule has 0 aliphatic carbocycles. The Morgan fingerprint density at radius 1 is 0.444 bits per heavy atom. The molecule has 2 N–H and O–H groups in total. The highest BCUT2D eigenvalue weighted by Gasteiger charge is 2.28. The minimum absolute atomic E-state index is 0.101. The average molecular weight is 693 g/mol. The Morgan fingerprint density at radius 3 is 1.65 bits per heavy atom. The van der Waals surface area contributed by atoms with Gasteiger partial charge in [-0.05, 0) is 82.9 Å². The molecule has 5 aromatic carbocycles. The fraction of sp³-hybridized carbons (Fsp3) is 0.0200. The smallest absolute Gasteiger partial charge is 0.0737 e. The Hall–Kier alpha value is -7.17. The zero-order valence-electron chi connectivity index (χ0n) is 29.5. The van der Waals surface area contributed by atoms with Crippen molar-refractivity contribution in [1.82, 2.24) is 14.5 Å². The van der Waals surface area contributed by atoms with Gasteiger partial charge < -0.3 is 14.5 Å². The van der Waals surface area contributed by atoms with E-state index in [1.165, 1.54) is 5.56 Å². The highest BCUT2D eigenvalue weighted by Crippen LogP contribution is 2.40. The first-order valence-corrected chi connectivity index (χ1v) is 18.4. The van der Waals surface area contributed by atoms with Crippen molar-refractivity contribution >= 4 is 22.4 Å². The van der Waals surface area contributed by atoms with Crippen molar-refractivity contribution in [3.63, 3.8) is 0 Å². The summed E-state index contributed by atoms with van der Waals surface area (Å²) in [6.07, 6.45) is 4.35. The lowest BCUT2D eigenvalue weighted by Gasteiger charge is -2.23. The molecule has 0 amide bonds. The van der Waals surface area contributed by atoms with Crippen molar-refractivity contribution in [3.8, 4) is 5.69 Å². The first kappa shape index (κ1) is 31.6. The van der Waals surface area contributed by atoms with E-state index < -0.39 is 0 Å². The van der Waals surface area contributed by atoms with Gasteiger partial charge in [-0.3, -0.25) is 0 Å². The summed E-state index contributed by atoms with van der Waals surface area (Å²) in [6, 6.07) is 66.9. The number of para-hydroxylation sites is 1. The lowest BCUT2D eigenvalue weighted by molar-refractivity contribution is 0.835. The highest BCUT2D eigenvalue weighted by atomic mass is 15.0. The molecule has 4 nitrogen and oxygen atoms in total. The third-order valence-corrected chi connectivity index (χ3v) is 10.5. The Bertz CT molecular complexity index is 2830. The van der Waals surface area contributed by atoms with Crippen LogP contribution in [0.2, 0.25) is 0 Å². The Balaban J connectivity index is 1.37. The Labute approximate surface area is 314 Å². The lowest BCUT2D eigenvalue weighted by atomic mass is 9.92. The predicted molar refractivity (Wildman–Crippen MR) is 220 cm³/mol. The number of fused-ring (bicyclic) bond motifs is 7. The first-order valence-electron chi connectivity index (χ1n) is 18.4. The fourth-order valence-corrected chi connectivity index (χ4v) is 8.09. The predicted octanol–water partition coefficient (Wildman–Crippen LogP) is 9.54. The number of aliphatic imine (C=N–C) groups is 1. The molecular formula is C50H36N4. The van der Waals surface area contributed by atoms with Crippen LogP contribution in [0, 0.1) is 0 Å². The van der Waals surface area contributed by atoms with Crippen LogP contribution in [0.4, 0.5) is 0 Å². The van der Waals surface area contributed by atoms with Crippen LogP contribution in [0.5, 0.6) is 0 Å². The van der Waals surface area contributed by atoms with Crippen LogP contribution in [0.1, 0.15) is 50.9 Å². The van der Waals surface area contributed by atoms with Gasteiger partial charge in [-0.15, -0.1) is 0 Å². The van der Waals surface area contributed by atoms with Gasteiger partial charge in [0.15, 0.2) is 0 Å². The summed E-state index contributed by atoms with van der Waals surface area (Å²) >= 11 is 0. The van der Waals surface area contributed by atoms with Gasteiger partial charge in [0.2, 0.25) is 0 Å². The van der Waals surface area contributed by atoms with Gasteiger partial charge in [0.05, 0.1) is 23.0 Å². The highest BCUT2D eigenvalue weighted by molar-refractivity contribution is 6.30. The summed E-state index contributed by atoms with van der Waals surface area (Å²) in [4.78, 5) is 13.3. The number of hydrogen-bond donors (Lipinski definition) is 2. The van der Waals surface area contributed by atoms with Gasteiger partial charge in [0.25, 0.3) is 0 Å². The maximum atomic E-state index is 5.50. The molecule has 0 spiro atoms. The second-order valence-corrected chi connectivity index (χ2v) is 13.7. The maximum absolute atomic E-state index is 5.50. The molecule has 3 aromatic heterocycles. The second-order valence-electron chi connectivity index (χ2n) is 13.7. The number of H-pyrrole nitrogens is 2. The molecule has 2 aliphatic heterocycles. The van der Waals surface area contributed by atoms with Crippen molar-refractivity contribution in [2.75, 3.05) is 0 Å². The summed E-state index contributed by atoms with van der Waals surface area (Å²) in [5, 5.41) is 2.03. The van der Waals surface area contributed by atoms with Crippen LogP contribution >= 0.6 is 0 Å². The van der Waals surface area contributed by atoms with Gasteiger partial charge >= 0.3 is 0 Å². The summed E-state index contributed by atoms with van der Waals surface area (Å²) < 4.78 is 2.43. The quantitative estimate of drug-likeness (QED) is 0.181. The van der Waals surface area contributed by atoms with E-state index in [1.54, 1.807) is 0 Å². The molecule has 5 heterocycles. The summed E-state index contributed by atoms with van der Waals surface area (Å²) in [5.41, 5.74) is 15.1. The van der Waals surface area contributed by atoms with Gasteiger partial charge in [0, 0.05) is 50.2 Å². The molecule has 10 rings (SSSR count). The standard InChI is InChI=1S/C50H36N4/c1-6-16-34(17-7-1)47-39-26-27-40(51-39)48(35-18-8-2-9-19-35)42-29-31-44(53-42)50(37-22-12-4-13-23-37)46-33-32-45(54(46)38-24-14-5-15-25-38)49(36-20-10-3-11-21-36)43-30-28-41(47)52-43/h1-33,49,51-52H. The summed E-state index contributed by atoms with van der Waals surface area (Å²) in [7, 11) is 0. The monoisotopic (exact) mass is 692 g/mol. The molecule has 0 fully saturated rings. The molecule has 4 heteroatoms. The van der Waals surface area contributed by atoms with Crippen LogP contribution in [-0.4, -0.2) is 20.2 Å². The number of aromatic nitrogens is 3. The van der Waals surface area contributed by atoms with Crippen molar-refractivity contribution in [2.45, 2.75) is 5.92 Å². The summed E-state index contributed by atoms with van der Waals surface area (Å²) in [5.74, 6) is -0.101. The minimum atomic E-state index is -0.101. The van der Waals surface area contributed by atoms with Crippen molar-refractivity contribution in [1.29, 1.82) is 0 Å². The number of allylic oxidation sites excluding steroid dienone is 2. The van der Waals surface area contributed by atoms with Crippen LogP contribution in [0.25, 0.3) is 22.4 Å². The third kappa shape index (κ3) is 5.53. The Kier molecular flexibility index (Phi) is 7.85. The largest absolute Gasteiger partial charge is 0.357 e. The van der Waals surface area contributed by atoms with Crippen molar-refractivity contribution in [2.24, 2.45) is 4.99 Å². The zero-order valence-corrected chi connectivity index (χ0v) is 29.5.